The van der Waals surface area contributed by atoms with Gasteiger partial charge in [0.25, 0.3) is 5.22 Å². The molecule has 134 valence electrons. The summed E-state index contributed by atoms with van der Waals surface area (Å²) in [5.41, 5.74) is 9.06. The van der Waals surface area contributed by atoms with Gasteiger partial charge in [-0.05, 0) is 40.8 Å². The number of primary amides is 1. The lowest BCUT2D eigenvalue weighted by Crippen LogP contribution is -2.10. The molecule has 0 atom stereocenters. The van der Waals surface area contributed by atoms with Gasteiger partial charge in [0.05, 0.1) is 0 Å². The molecule has 0 radical (unpaired) electrons. The van der Waals surface area contributed by atoms with E-state index in [0.717, 1.165) is 11.1 Å². The molecule has 0 saturated carbocycles. The summed E-state index contributed by atoms with van der Waals surface area (Å²) < 4.78 is 5.75. The summed E-state index contributed by atoms with van der Waals surface area (Å²) >= 11 is 1.45. The van der Waals surface area contributed by atoms with Gasteiger partial charge in [0.2, 0.25) is 11.8 Å². The molecule has 0 bridgehead atoms. The molecule has 0 saturated heterocycles. The number of amides is 1. The number of aromatic nitrogens is 2. The summed E-state index contributed by atoms with van der Waals surface area (Å²) in [5.74, 6) is 0.754. The fraction of sp³-hybridized carbons (Fsp3) is 0.250. The van der Waals surface area contributed by atoms with Crippen molar-refractivity contribution in [2.24, 2.45) is 5.73 Å². The highest BCUT2D eigenvalue weighted by atomic mass is 32.2. The van der Waals surface area contributed by atoms with Crippen LogP contribution in [0.4, 0.5) is 0 Å². The van der Waals surface area contributed by atoms with E-state index in [1.54, 1.807) is 12.1 Å². The van der Waals surface area contributed by atoms with E-state index < -0.39 is 5.91 Å². The van der Waals surface area contributed by atoms with E-state index in [-0.39, 0.29) is 5.41 Å². The van der Waals surface area contributed by atoms with Gasteiger partial charge in [0.15, 0.2) is 0 Å². The van der Waals surface area contributed by atoms with Gasteiger partial charge in [-0.1, -0.05) is 56.8 Å². The van der Waals surface area contributed by atoms with Gasteiger partial charge >= 0.3 is 0 Å². The molecule has 2 aromatic carbocycles. The van der Waals surface area contributed by atoms with Crippen LogP contribution in [-0.4, -0.2) is 16.1 Å². The smallest absolute Gasteiger partial charge is 0.277 e. The van der Waals surface area contributed by atoms with Crippen LogP contribution in [0.3, 0.4) is 0 Å². The first kappa shape index (κ1) is 18.2. The number of nitrogens with zero attached hydrogens (tertiary/aromatic N) is 2. The molecular weight excluding hydrogens is 346 g/mol. The number of carbonyl (C=O) groups excluding carboxylic acids is 1. The monoisotopic (exact) mass is 367 g/mol. The minimum absolute atomic E-state index is 0.110. The molecule has 6 heteroatoms. The lowest BCUT2D eigenvalue weighted by Gasteiger charge is -2.18. The third kappa shape index (κ3) is 4.32. The summed E-state index contributed by atoms with van der Waals surface area (Å²) in [6.07, 6.45) is 0. The largest absolute Gasteiger partial charge is 0.411 e. The number of hydrogen-bond donors (Lipinski definition) is 1. The van der Waals surface area contributed by atoms with Crippen LogP contribution in [0.1, 0.15) is 42.3 Å². The molecule has 3 aromatic rings. The summed E-state index contributed by atoms with van der Waals surface area (Å²) in [4.78, 5) is 11.1. The van der Waals surface area contributed by atoms with E-state index >= 15 is 0 Å². The van der Waals surface area contributed by atoms with Gasteiger partial charge < -0.3 is 10.2 Å². The minimum atomic E-state index is -0.428. The topological polar surface area (TPSA) is 82.0 Å². The number of carbonyl (C=O) groups is 1. The van der Waals surface area contributed by atoms with E-state index in [4.69, 9.17) is 10.2 Å². The summed E-state index contributed by atoms with van der Waals surface area (Å²) in [5, 5.41) is 8.74. The van der Waals surface area contributed by atoms with Crippen molar-refractivity contribution in [3.8, 4) is 11.5 Å². The second kappa shape index (κ2) is 7.33. The van der Waals surface area contributed by atoms with Crippen LogP contribution in [0.2, 0.25) is 0 Å². The van der Waals surface area contributed by atoms with Crippen molar-refractivity contribution in [1.82, 2.24) is 10.2 Å². The maximum atomic E-state index is 11.1. The summed E-state index contributed by atoms with van der Waals surface area (Å²) in [6.45, 7) is 6.54. The molecule has 3 rings (SSSR count). The number of rotatable bonds is 5. The summed E-state index contributed by atoms with van der Waals surface area (Å²) in [6, 6.07) is 15.4. The molecule has 0 aliphatic rings. The maximum absolute atomic E-state index is 11.1. The van der Waals surface area contributed by atoms with Crippen LogP contribution in [0.25, 0.3) is 11.5 Å². The van der Waals surface area contributed by atoms with Crippen molar-refractivity contribution >= 4 is 17.7 Å². The molecule has 1 aromatic heterocycles. The van der Waals surface area contributed by atoms with Gasteiger partial charge in [-0.25, -0.2) is 0 Å². The Kier molecular flexibility index (Phi) is 5.13. The van der Waals surface area contributed by atoms with E-state index in [1.807, 2.05) is 24.3 Å². The Bertz CT molecular complexity index is 894. The molecule has 1 amide bonds. The first-order valence-corrected chi connectivity index (χ1v) is 9.27. The lowest BCUT2D eigenvalue weighted by atomic mass is 9.87. The van der Waals surface area contributed by atoms with Gasteiger partial charge in [0.1, 0.15) is 0 Å². The zero-order valence-electron chi connectivity index (χ0n) is 15.0. The highest BCUT2D eigenvalue weighted by molar-refractivity contribution is 7.98. The lowest BCUT2D eigenvalue weighted by molar-refractivity contribution is 0.100. The molecule has 26 heavy (non-hydrogen) atoms. The van der Waals surface area contributed by atoms with Gasteiger partial charge in [0, 0.05) is 16.9 Å². The quantitative estimate of drug-likeness (QED) is 0.675. The fourth-order valence-electron chi connectivity index (χ4n) is 2.41. The Morgan fingerprint density at radius 3 is 2.27 bits per heavy atom. The molecule has 0 fully saturated rings. The number of benzene rings is 2. The Balaban J connectivity index is 1.65. The van der Waals surface area contributed by atoms with Crippen molar-refractivity contribution in [2.45, 2.75) is 37.2 Å². The van der Waals surface area contributed by atoms with E-state index in [1.165, 1.54) is 17.3 Å². The normalized spacial score (nSPS) is 11.5. The predicted molar refractivity (Wildman–Crippen MR) is 103 cm³/mol. The van der Waals surface area contributed by atoms with Gasteiger partial charge in [-0.15, -0.1) is 10.2 Å². The third-order valence-electron chi connectivity index (χ3n) is 4.01. The van der Waals surface area contributed by atoms with Crippen LogP contribution >= 0.6 is 11.8 Å². The number of hydrogen-bond acceptors (Lipinski definition) is 5. The minimum Gasteiger partial charge on any atom is -0.411 e. The molecule has 0 aliphatic carbocycles. The molecule has 5 nitrogen and oxygen atoms in total. The Morgan fingerprint density at radius 1 is 1.04 bits per heavy atom. The van der Waals surface area contributed by atoms with Crippen LogP contribution in [-0.2, 0) is 11.2 Å². The highest BCUT2D eigenvalue weighted by Crippen LogP contribution is 2.28. The molecule has 0 aliphatic heterocycles. The van der Waals surface area contributed by atoms with Crippen LogP contribution in [0.15, 0.2) is 58.2 Å². The Morgan fingerprint density at radius 2 is 1.69 bits per heavy atom. The zero-order chi connectivity index (χ0) is 18.7. The van der Waals surface area contributed by atoms with E-state index in [2.05, 4.69) is 43.1 Å². The second-order valence-corrected chi connectivity index (χ2v) is 7.98. The average molecular weight is 367 g/mol. The van der Waals surface area contributed by atoms with Crippen molar-refractivity contribution < 1.29 is 9.21 Å². The van der Waals surface area contributed by atoms with E-state index in [9.17, 15) is 4.79 Å². The van der Waals surface area contributed by atoms with Gasteiger partial charge in [-0.2, -0.15) is 0 Å². The molecule has 0 unspecified atom stereocenters. The van der Waals surface area contributed by atoms with Crippen LogP contribution in [0.5, 0.6) is 0 Å². The molecule has 2 N–H and O–H groups in total. The predicted octanol–water partition coefficient (Wildman–Crippen LogP) is 4.43. The summed E-state index contributed by atoms with van der Waals surface area (Å²) in [7, 11) is 0. The standard InChI is InChI=1S/C20H21N3O2S/c1-20(2,3)16-10-8-15(9-11-16)18-22-23-19(25-18)26-12-13-4-6-14(7-5-13)17(21)24/h4-11H,12H2,1-3H3,(H2,21,24). The average Bonchev–Trinajstić information content (AvgIpc) is 3.09. The molecule has 1 heterocycles. The van der Waals surface area contributed by atoms with Crippen molar-refractivity contribution in [2.75, 3.05) is 0 Å². The maximum Gasteiger partial charge on any atom is 0.277 e. The van der Waals surface area contributed by atoms with Crippen molar-refractivity contribution in [3.05, 3.63) is 65.2 Å². The highest BCUT2D eigenvalue weighted by Gasteiger charge is 2.15. The first-order chi connectivity index (χ1) is 12.3. The van der Waals surface area contributed by atoms with Crippen molar-refractivity contribution in [1.29, 1.82) is 0 Å². The molecule has 0 spiro atoms. The Hall–Kier alpha value is -2.60. The number of nitrogens with two attached hydrogens (primary N) is 1. The van der Waals surface area contributed by atoms with Crippen LogP contribution < -0.4 is 5.73 Å². The van der Waals surface area contributed by atoms with Gasteiger partial charge in [-0.3, -0.25) is 4.79 Å². The SMILES string of the molecule is CC(C)(C)c1ccc(-c2nnc(SCc3ccc(C(N)=O)cc3)o2)cc1. The van der Waals surface area contributed by atoms with E-state index in [0.29, 0.717) is 22.4 Å². The zero-order valence-corrected chi connectivity index (χ0v) is 15.8. The number of thioether (sulfide) groups is 1. The van der Waals surface area contributed by atoms with Crippen molar-refractivity contribution in [3.63, 3.8) is 0 Å². The fourth-order valence-corrected chi connectivity index (χ4v) is 3.13. The van der Waals surface area contributed by atoms with Crippen LogP contribution in [0, 0.1) is 0 Å². The second-order valence-electron chi connectivity index (χ2n) is 7.05. The first-order valence-electron chi connectivity index (χ1n) is 8.29. The Labute approximate surface area is 157 Å². The molecular formula is C20H21N3O2S. The third-order valence-corrected chi connectivity index (χ3v) is 4.89.